The van der Waals surface area contributed by atoms with Crippen LogP contribution in [0.15, 0.2) is 30.7 Å². The Labute approximate surface area is 106 Å². The van der Waals surface area contributed by atoms with Gasteiger partial charge in [-0.2, -0.15) is 0 Å². The van der Waals surface area contributed by atoms with Crippen LogP contribution in [0, 0.1) is 0 Å². The number of imidazole rings is 1. The van der Waals surface area contributed by atoms with Gasteiger partial charge in [-0.05, 0) is 18.6 Å². The first-order chi connectivity index (χ1) is 8.86. The third kappa shape index (κ3) is 2.14. The van der Waals surface area contributed by atoms with Crippen molar-refractivity contribution in [3.8, 4) is 11.3 Å². The van der Waals surface area contributed by atoms with Crippen LogP contribution in [0.4, 0.5) is 0 Å². The minimum atomic E-state index is 0.255. The molecule has 18 heavy (non-hydrogen) atoms. The molecule has 3 rings (SSSR count). The monoisotopic (exact) mass is 244 g/mol. The zero-order valence-corrected chi connectivity index (χ0v) is 10.3. The van der Waals surface area contributed by atoms with Crippen LogP contribution in [0.25, 0.3) is 11.3 Å². The van der Waals surface area contributed by atoms with Gasteiger partial charge < -0.3 is 15.0 Å². The van der Waals surface area contributed by atoms with E-state index in [1.807, 2.05) is 18.3 Å². The van der Waals surface area contributed by atoms with E-state index in [2.05, 4.69) is 20.3 Å². The molecule has 0 amide bonds. The summed E-state index contributed by atoms with van der Waals surface area (Å²) in [6, 6.07) is 4.19. The van der Waals surface area contributed by atoms with Crippen LogP contribution in [0.2, 0.25) is 0 Å². The van der Waals surface area contributed by atoms with Gasteiger partial charge in [-0.25, -0.2) is 4.98 Å². The second-order valence-corrected chi connectivity index (χ2v) is 4.47. The molecular weight excluding hydrogens is 228 g/mol. The maximum absolute atomic E-state index is 5.34. The molecule has 2 aromatic rings. The number of H-pyrrole nitrogens is 1. The van der Waals surface area contributed by atoms with Crippen LogP contribution in [0.1, 0.15) is 18.3 Å². The van der Waals surface area contributed by atoms with Crippen molar-refractivity contribution in [2.24, 2.45) is 0 Å². The molecule has 0 aliphatic carbocycles. The van der Waals surface area contributed by atoms with Crippen LogP contribution in [0.3, 0.4) is 0 Å². The highest BCUT2D eigenvalue weighted by molar-refractivity contribution is 5.57. The van der Waals surface area contributed by atoms with E-state index in [0.717, 1.165) is 30.0 Å². The summed E-state index contributed by atoms with van der Waals surface area (Å²) in [4.78, 5) is 11.8. The summed E-state index contributed by atoms with van der Waals surface area (Å²) in [5.74, 6) is 0.973. The standard InChI is InChI=1S/C13H16N4O/c1-18-10-6-11(15-7-10)13-16-8-12(17-13)9-2-4-14-5-3-9/h2-5,8,10-11,15H,6-7H2,1H3,(H,16,17). The lowest BCUT2D eigenvalue weighted by Crippen LogP contribution is -2.16. The van der Waals surface area contributed by atoms with Crippen LogP contribution < -0.4 is 5.32 Å². The van der Waals surface area contributed by atoms with Crippen molar-refractivity contribution in [1.82, 2.24) is 20.3 Å². The molecule has 94 valence electrons. The Morgan fingerprint density at radius 1 is 1.33 bits per heavy atom. The SMILES string of the molecule is COC1CNC(c2ncc(-c3ccncc3)[nH]2)C1. The minimum Gasteiger partial charge on any atom is -0.380 e. The molecule has 5 nitrogen and oxygen atoms in total. The van der Waals surface area contributed by atoms with Gasteiger partial charge in [0.25, 0.3) is 0 Å². The maximum Gasteiger partial charge on any atom is 0.123 e. The largest absolute Gasteiger partial charge is 0.380 e. The lowest BCUT2D eigenvalue weighted by molar-refractivity contribution is 0.117. The normalized spacial score (nSPS) is 23.4. The Balaban J connectivity index is 1.78. The van der Waals surface area contributed by atoms with Gasteiger partial charge in [-0.3, -0.25) is 4.98 Å². The molecule has 1 aliphatic heterocycles. The highest BCUT2D eigenvalue weighted by atomic mass is 16.5. The van der Waals surface area contributed by atoms with Crippen molar-refractivity contribution in [3.63, 3.8) is 0 Å². The smallest absolute Gasteiger partial charge is 0.123 e. The Morgan fingerprint density at radius 2 is 2.17 bits per heavy atom. The second-order valence-electron chi connectivity index (χ2n) is 4.47. The van der Waals surface area contributed by atoms with E-state index >= 15 is 0 Å². The number of aromatic amines is 1. The topological polar surface area (TPSA) is 62.8 Å². The number of ether oxygens (including phenoxy) is 1. The number of methoxy groups -OCH3 is 1. The average molecular weight is 244 g/mol. The van der Waals surface area contributed by atoms with Gasteiger partial charge in [0.2, 0.25) is 0 Å². The summed E-state index contributed by atoms with van der Waals surface area (Å²) in [5.41, 5.74) is 2.13. The molecule has 0 radical (unpaired) electrons. The van der Waals surface area contributed by atoms with Crippen molar-refractivity contribution in [2.75, 3.05) is 13.7 Å². The molecular formula is C13H16N4O. The number of nitrogens with one attached hydrogen (secondary N) is 2. The lowest BCUT2D eigenvalue weighted by Gasteiger charge is -2.06. The molecule has 0 saturated carbocycles. The van der Waals surface area contributed by atoms with E-state index < -0.39 is 0 Å². The number of hydrogen-bond donors (Lipinski definition) is 2. The second kappa shape index (κ2) is 4.88. The van der Waals surface area contributed by atoms with Gasteiger partial charge in [0.05, 0.1) is 24.0 Å². The summed E-state index contributed by atoms with van der Waals surface area (Å²) in [6.45, 7) is 0.881. The van der Waals surface area contributed by atoms with E-state index in [1.165, 1.54) is 0 Å². The molecule has 5 heteroatoms. The number of pyridine rings is 1. The average Bonchev–Trinajstić information content (AvgIpc) is 3.08. The Morgan fingerprint density at radius 3 is 2.89 bits per heavy atom. The van der Waals surface area contributed by atoms with Crippen LogP contribution in [0.5, 0.6) is 0 Å². The summed E-state index contributed by atoms with van der Waals surface area (Å²) in [7, 11) is 1.75. The van der Waals surface area contributed by atoms with Crippen molar-refractivity contribution in [2.45, 2.75) is 18.6 Å². The molecule has 2 unspecified atom stereocenters. The first-order valence-electron chi connectivity index (χ1n) is 6.08. The van der Waals surface area contributed by atoms with E-state index in [-0.39, 0.29) is 12.1 Å². The summed E-state index contributed by atoms with van der Waals surface area (Å²) < 4.78 is 5.34. The van der Waals surface area contributed by atoms with Crippen LogP contribution in [-0.4, -0.2) is 34.7 Å². The van der Waals surface area contributed by atoms with Gasteiger partial charge in [-0.15, -0.1) is 0 Å². The van der Waals surface area contributed by atoms with Gasteiger partial charge >= 0.3 is 0 Å². The minimum absolute atomic E-state index is 0.255. The fourth-order valence-corrected chi connectivity index (χ4v) is 2.28. The Bertz CT molecular complexity index is 511. The highest BCUT2D eigenvalue weighted by Crippen LogP contribution is 2.24. The van der Waals surface area contributed by atoms with Crippen molar-refractivity contribution >= 4 is 0 Å². The third-order valence-corrected chi connectivity index (χ3v) is 3.34. The fourth-order valence-electron chi connectivity index (χ4n) is 2.28. The van der Waals surface area contributed by atoms with Crippen LogP contribution >= 0.6 is 0 Å². The van der Waals surface area contributed by atoms with E-state index in [0.29, 0.717) is 0 Å². The van der Waals surface area contributed by atoms with E-state index in [4.69, 9.17) is 4.74 Å². The van der Waals surface area contributed by atoms with Gasteiger partial charge in [-0.1, -0.05) is 0 Å². The first-order valence-corrected chi connectivity index (χ1v) is 6.08. The zero-order valence-electron chi connectivity index (χ0n) is 10.3. The van der Waals surface area contributed by atoms with Crippen molar-refractivity contribution in [1.29, 1.82) is 0 Å². The van der Waals surface area contributed by atoms with Crippen LogP contribution in [-0.2, 0) is 4.74 Å². The fraction of sp³-hybridized carbons (Fsp3) is 0.385. The molecule has 1 saturated heterocycles. The molecule has 2 N–H and O–H groups in total. The molecule has 1 fully saturated rings. The summed E-state index contributed by atoms with van der Waals surface area (Å²) in [6.07, 6.45) is 6.67. The number of hydrogen-bond acceptors (Lipinski definition) is 4. The molecule has 1 aliphatic rings. The maximum atomic E-state index is 5.34. The molecule has 3 heterocycles. The van der Waals surface area contributed by atoms with Gasteiger partial charge in [0, 0.05) is 31.6 Å². The number of aromatic nitrogens is 3. The predicted octanol–water partition coefficient (Wildman–Crippen LogP) is 1.52. The van der Waals surface area contributed by atoms with Crippen molar-refractivity contribution < 1.29 is 4.74 Å². The Hall–Kier alpha value is -1.72. The molecule has 0 aromatic carbocycles. The molecule has 0 bridgehead atoms. The summed E-state index contributed by atoms with van der Waals surface area (Å²) >= 11 is 0. The lowest BCUT2D eigenvalue weighted by atomic mass is 10.2. The highest BCUT2D eigenvalue weighted by Gasteiger charge is 2.26. The third-order valence-electron chi connectivity index (χ3n) is 3.34. The van der Waals surface area contributed by atoms with Gasteiger partial charge in [0.1, 0.15) is 5.82 Å². The molecule has 2 aromatic heterocycles. The Kier molecular flexibility index (Phi) is 3.08. The molecule has 2 atom stereocenters. The quantitative estimate of drug-likeness (QED) is 0.859. The van der Waals surface area contributed by atoms with Crippen molar-refractivity contribution in [3.05, 3.63) is 36.5 Å². The van der Waals surface area contributed by atoms with E-state index in [1.54, 1.807) is 19.5 Å². The van der Waals surface area contributed by atoms with E-state index in [9.17, 15) is 0 Å². The summed E-state index contributed by atoms with van der Waals surface area (Å²) in [5, 5.41) is 3.41. The first kappa shape index (κ1) is 11.4. The zero-order chi connectivity index (χ0) is 12.4. The molecule has 0 spiro atoms. The number of rotatable bonds is 3. The number of nitrogens with zero attached hydrogens (tertiary/aromatic N) is 2. The predicted molar refractivity (Wildman–Crippen MR) is 68.0 cm³/mol. The van der Waals surface area contributed by atoms with Gasteiger partial charge in [0.15, 0.2) is 0 Å².